The number of nitrogens with zero attached hydrogens (tertiary/aromatic N) is 3. The molecule has 0 bridgehead atoms. The number of ether oxygens (including phenoxy) is 1. The minimum Gasteiger partial charge on any atom is -0.368 e. The van der Waals surface area contributed by atoms with Crippen LogP contribution in [0.4, 0.5) is 0 Å². The first kappa shape index (κ1) is 19.7. The predicted molar refractivity (Wildman–Crippen MR) is 120 cm³/mol. The lowest BCUT2D eigenvalue weighted by Gasteiger charge is -2.33. The number of morpholine rings is 1. The van der Waals surface area contributed by atoms with Crippen molar-refractivity contribution in [2.75, 3.05) is 19.7 Å². The van der Waals surface area contributed by atoms with E-state index in [-0.39, 0.29) is 12.0 Å². The molecular formula is C24H21ClN4O2. The van der Waals surface area contributed by atoms with Crippen LogP contribution in [-0.4, -0.2) is 45.5 Å². The van der Waals surface area contributed by atoms with Crippen molar-refractivity contribution in [3.63, 3.8) is 0 Å². The molecule has 1 atom stereocenters. The number of rotatable bonds is 4. The third-order valence-corrected chi connectivity index (χ3v) is 5.80. The summed E-state index contributed by atoms with van der Waals surface area (Å²) < 4.78 is 6.01. The summed E-state index contributed by atoms with van der Waals surface area (Å²) in [6.45, 7) is 1.45. The second-order valence-electron chi connectivity index (χ2n) is 7.54. The Morgan fingerprint density at radius 1 is 1.16 bits per heavy atom. The van der Waals surface area contributed by atoms with Crippen molar-refractivity contribution in [3.05, 3.63) is 83.4 Å². The minimum atomic E-state index is -0.344. The van der Waals surface area contributed by atoms with Gasteiger partial charge in [-0.3, -0.25) is 14.8 Å². The number of hydrogen-bond donors (Lipinski definition) is 1. The number of nitrogens with one attached hydrogen (secondary N) is 1. The number of H-pyrrole nitrogens is 1. The lowest BCUT2D eigenvalue weighted by atomic mass is 10.0. The van der Waals surface area contributed by atoms with E-state index in [2.05, 4.69) is 15.0 Å². The summed E-state index contributed by atoms with van der Waals surface area (Å²) in [6.07, 6.45) is 5.23. The van der Waals surface area contributed by atoms with E-state index in [9.17, 15) is 4.79 Å². The molecular weight excluding hydrogens is 412 g/mol. The number of amides is 1. The van der Waals surface area contributed by atoms with E-state index in [1.165, 1.54) is 0 Å². The maximum absolute atomic E-state index is 13.1. The average molecular weight is 433 g/mol. The highest BCUT2D eigenvalue weighted by Crippen LogP contribution is 2.30. The smallest absolute Gasteiger partial charge is 0.227 e. The zero-order valence-electron chi connectivity index (χ0n) is 16.8. The summed E-state index contributed by atoms with van der Waals surface area (Å²) in [6, 6.07) is 15.5. The monoisotopic (exact) mass is 432 g/mol. The van der Waals surface area contributed by atoms with Crippen molar-refractivity contribution in [3.8, 4) is 11.3 Å². The van der Waals surface area contributed by atoms with Crippen LogP contribution in [0.3, 0.4) is 0 Å². The fourth-order valence-electron chi connectivity index (χ4n) is 4.04. The Morgan fingerprint density at radius 3 is 2.94 bits per heavy atom. The normalized spacial score (nSPS) is 16.5. The Balaban J connectivity index is 1.37. The van der Waals surface area contributed by atoms with Crippen molar-refractivity contribution in [2.24, 2.45) is 0 Å². The molecule has 31 heavy (non-hydrogen) atoms. The molecule has 156 valence electrons. The average Bonchev–Trinajstić information content (AvgIpc) is 3.22. The molecule has 6 nitrogen and oxygen atoms in total. The summed E-state index contributed by atoms with van der Waals surface area (Å²) in [5, 5.41) is 1.71. The van der Waals surface area contributed by atoms with Gasteiger partial charge in [-0.2, -0.15) is 0 Å². The number of hydrogen-bond acceptors (Lipinski definition) is 4. The molecule has 0 aliphatic carbocycles. The van der Waals surface area contributed by atoms with Crippen LogP contribution in [0.25, 0.3) is 22.2 Å². The molecule has 1 fully saturated rings. The van der Waals surface area contributed by atoms with Gasteiger partial charge in [-0.1, -0.05) is 41.9 Å². The largest absolute Gasteiger partial charge is 0.368 e. The third kappa shape index (κ3) is 4.04. The molecule has 1 N–H and O–H groups in total. The Labute approximate surface area is 184 Å². The highest BCUT2D eigenvalue weighted by atomic mass is 35.5. The van der Waals surface area contributed by atoms with E-state index in [4.69, 9.17) is 16.3 Å². The molecule has 7 heteroatoms. The van der Waals surface area contributed by atoms with Crippen LogP contribution in [0.15, 0.2) is 67.1 Å². The molecule has 3 heterocycles. The van der Waals surface area contributed by atoms with Gasteiger partial charge in [-0.05, 0) is 23.8 Å². The molecule has 0 saturated carbocycles. The minimum absolute atomic E-state index is 0.0752. The van der Waals surface area contributed by atoms with Crippen molar-refractivity contribution in [2.45, 2.75) is 12.5 Å². The molecule has 2 aromatic heterocycles. The molecule has 0 radical (unpaired) electrons. The molecule has 1 saturated heterocycles. The Hall–Kier alpha value is -3.22. The molecule has 5 rings (SSSR count). The molecule has 0 spiro atoms. The number of carbonyl (C=O) groups is 1. The Bertz CT molecular complexity index is 1240. The van der Waals surface area contributed by atoms with E-state index in [1.807, 2.05) is 59.6 Å². The molecule has 2 aromatic carbocycles. The third-order valence-electron chi connectivity index (χ3n) is 5.57. The number of para-hydroxylation sites is 1. The first-order valence-corrected chi connectivity index (χ1v) is 10.6. The van der Waals surface area contributed by atoms with Crippen LogP contribution in [0, 0.1) is 0 Å². The maximum Gasteiger partial charge on any atom is 0.227 e. The van der Waals surface area contributed by atoms with E-state index in [0.29, 0.717) is 31.1 Å². The van der Waals surface area contributed by atoms with Gasteiger partial charge >= 0.3 is 0 Å². The van der Waals surface area contributed by atoms with Gasteiger partial charge in [0.2, 0.25) is 5.91 Å². The summed E-state index contributed by atoms with van der Waals surface area (Å²) in [7, 11) is 0. The number of aromatic nitrogens is 3. The van der Waals surface area contributed by atoms with Crippen molar-refractivity contribution in [1.82, 2.24) is 19.9 Å². The fourth-order valence-corrected chi connectivity index (χ4v) is 4.23. The number of fused-ring (bicyclic) bond motifs is 1. The zero-order chi connectivity index (χ0) is 21.2. The summed E-state index contributed by atoms with van der Waals surface area (Å²) in [5.74, 6) is 0.0752. The van der Waals surface area contributed by atoms with E-state index >= 15 is 0 Å². The summed E-state index contributed by atoms with van der Waals surface area (Å²) in [4.78, 5) is 27.2. The fraction of sp³-hybridized carbons (Fsp3) is 0.208. The second-order valence-corrected chi connectivity index (χ2v) is 7.97. The van der Waals surface area contributed by atoms with Gasteiger partial charge in [0.25, 0.3) is 0 Å². The Kier molecular flexibility index (Phi) is 5.40. The second kappa shape index (κ2) is 8.49. The molecule has 1 amide bonds. The van der Waals surface area contributed by atoms with Crippen molar-refractivity contribution in [1.29, 1.82) is 0 Å². The van der Waals surface area contributed by atoms with Crippen LogP contribution >= 0.6 is 11.6 Å². The molecule has 4 aromatic rings. The highest BCUT2D eigenvalue weighted by molar-refractivity contribution is 6.30. The summed E-state index contributed by atoms with van der Waals surface area (Å²) in [5.41, 5.74) is 4.36. The van der Waals surface area contributed by atoms with Gasteiger partial charge in [-0.15, -0.1) is 0 Å². The maximum atomic E-state index is 13.1. The van der Waals surface area contributed by atoms with Gasteiger partial charge in [-0.25, -0.2) is 0 Å². The van der Waals surface area contributed by atoms with Crippen LogP contribution in [-0.2, 0) is 16.0 Å². The van der Waals surface area contributed by atoms with Gasteiger partial charge in [0.15, 0.2) is 0 Å². The van der Waals surface area contributed by atoms with Crippen LogP contribution in [0.1, 0.15) is 17.4 Å². The zero-order valence-corrected chi connectivity index (χ0v) is 17.5. The van der Waals surface area contributed by atoms with Crippen molar-refractivity contribution < 1.29 is 9.53 Å². The first-order chi connectivity index (χ1) is 15.2. The summed E-state index contributed by atoms with van der Waals surface area (Å²) >= 11 is 6.17. The van der Waals surface area contributed by atoms with Gasteiger partial charge in [0, 0.05) is 46.6 Å². The van der Waals surface area contributed by atoms with E-state index in [1.54, 1.807) is 12.4 Å². The number of benzene rings is 2. The molecule has 1 aliphatic rings. The van der Waals surface area contributed by atoms with Crippen LogP contribution in [0.5, 0.6) is 0 Å². The standard InChI is InChI=1S/C24H21ClN4O2/c25-18-5-3-4-16(12-18)23-24(27-9-8-26-23)21-15-29(10-11-31-21)22(30)13-17-14-28-20-7-2-1-6-19(17)20/h1-9,12,14,21,28H,10-11,13,15H2. The lowest BCUT2D eigenvalue weighted by molar-refractivity contribution is -0.138. The number of halogens is 1. The van der Waals surface area contributed by atoms with E-state index < -0.39 is 0 Å². The topological polar surface area (TPSA) is 71.1 Å². The predicted octanol–water partition coefficient (Wildman–Crippen LogP) is 4.42. The molecule has 1 aliphatic heterocycles. The number of aromatic amines is 1. The first-order valence-electron chi connectivity index (χ1n) is 10.2. The Morgan fingerprint density at radius 2 is 2.03 bits per heavy atom. The van der Waals surface area contributed by atoms with Crippen LogP contribution in [0.2, 0.25) is 5.02 Å². The number of carbonyl (C=O) groups excluding carboxylic acids is 1. The van der Waals surface area contributed by atoms with Gasteiger partial charge in [0.1, 0.15) is 6.10 Å². The molecule has 1 unspecified atom stereocenters. The van der Waals surface area contributed by atoms with Crippen LogP contribution < -0.4 is 0 Å². The SMILES string of the molecule is O=C(Cc1c[nH]c2ccccc12)N1CCOC(c2nccnc2-c2cccc(Cl)c2)C1. The van der Waals surface area contributed by atoms with Crippen molar-refractivity contribution >= 4 is 28.4 Å². The lowest BCUT2D eigenvalue weighted by Crippen LogP contribution is -2.43. The van der Waals surface area contributed by atoms with Gasteiger partial charge < -0.3 is 14.6 Å². The highest BCUT2D eigenvalue weighted by Gasteiger charge is 2.29. The van der Waals surface area contributed by atoms with E-state index in [0.717, 1.165) is 33.4 Å². The quantitative estimate of drug-likeness (QED) is 0.518. The van der Waals surface area contributed by atoms with Gasteiger partial charge in [0.05, 0.1) is 31.0 Å².